The number of amides is 2. The molecule has 130 valence electrons. The van der Waals surface area contributed by atoms with Crippen molar-refractivity contribution >= 4 is 11.8 Å². The Morgan fingerprint density at radius 1 is 1.21 bits per heavy atom. The van der Waals surface area contributed by atoms with Crippen LogP contribution in [0.25, 0.3) is 0 Å². The molecule has 2 fully saturated rings. The predicted molar refractivity (Wildman–Crippen MR) is 91.4 cm³/mol. The molecule has 1 aromatic rings. The lowest BCUT2D eigenvalue weighted by atomic mass is 9.80. The number of benzene rings is 1. The first-order valence-electron chi connectivity index (χ1n) is 8.72. The lowest BCUT2D eigenvalue weighted by Gasteiger charge is -2.39. The van der Waals surface area contributed by atoms with Gasteiger partial charge in [0.2, 0.25) is 5.91 Å². The summed E-state index contributed by atoms with van der Waals surface area (Å²) in [6.45, 7) is 3.73. The van der Waals surface area contributed by atoms with Crippen molar-refractivity contribution in [1.82, 2.24) is 10.2 Å². The molecule has 2 aliphatic rings. The summed E-state index contributed by atoms with van der Waals surface area (Å²) < 4.78 is 0. The molecule has 3 rings (SSSR count). The largest absolute Gasteiger partial charge is 0.396 e. The second-order valence-corrected chi connectivity index (χ2v) is 7.60. The highest BCUT2D eigenvalue weighted by Crippen LogP contribution is 2.44. The number of aliphatic hydroxyl groups excluding tert-OH is 1. The number of aliphatic hydroxyl groups is 1. The molecule has 5 heteroatoms. The molecule has 24 heavy (non-hydrogen) atoms. The average molecular weight is 330 g/mol. The molecular weight excluding hydrogens is 304 g/mol. The maximum absolute atomic E-state index is 12.7. The van der Waals surface area contributed by atoms with Crippen molar-refractivity contribution in [2.24, 2.45) is 10.8 Å². The monoisotopic (exact) mass is 330 g/mol. The molecule has 1 aromatic carbocycles. The zero-order chi connectivity index (χ0) is 17.2. The van der Waals surface area contributed by atoms with E-state index in [-0.39, 0.29) is 23.8 Å². The number of piperidine rings is 1. The van der Waals surface area contributed by atoms with Crippen molar-refractivity contribution < 1.29 is 14.7 Å². The highest BCUT2D eigenvalue weighted by Gasteiger charge is 2.44. The van der Waals surface area contributed by atoms with Crippen LogP contribution in [0.2, 0.25) is 0 Å². The van der Waals surface area contributed by atoms with Crippen molar-refractivity contribution in [3.63, 3.8) is 0 Å². The second-order valence-electron chi connectivity index (χ2n) is 7.60. The number of likely N-dealkylation sites (tertiary alicyclic amines) is 1. The third-order valence-electron chi connectivity index (χ3n) is 5.47. The molecule has 0 spiro atoms. The minimum Gasteiger partial charge on any atom is -0.396 e. The van der Waals surface area contributed by atoms with Gasteiger partial charge in [-0.15, -0.1) is 0 Å². The minimum atomic E-state index is -0.561. The number of hydrogen-bond acceptors (Lipinski definition) is 3. The lowest BCUT2D eigenvalue weighted by Crippen LogP contribution is -2.52. The quantitative estimate of drug-likeness (QED) is 0.865. The Hall–Kier alpha value is -1.88. The van der Waals surface area contributed by atoms with E-state index in [1.807, 2.05) is 37.3 Å². The van der Waals surface area contributed by atoms with Gasteiger partial charge in [-0.05, 0) is 44.7 Å². The van der Waals surface area contributed by atoms with Crippen LogP contribution in [0.4, 0.5) is 0 Å². The van der Waals surface area contributed by atoms with Gasteiger partial charge in [0.1, 0.15) is 0 Å². The summed E-state index contributed by atoms with van der Waals surface area (Å²) in [4.78, 5) is 27.1. The Balaban J connectivity index is 1.63. The molecule has 1 heterocycles. The van der Waals surface area contributed by atoms with E-state index in [0.29, 0.717) is 25.2 Å². The van der Waals surface area contributed by atoms with E-state index in [9.17, 15) is 14.7 Å². The molecular formula is C19H26N2O3. The first kappa shape index (κ1) is 17.0. The first-order chi connectivity index (χ1) is 11.5. The van der Waals surface area contributed by atoms with Crippen molar-refractivity contribution in [2.45, 2.75) is 32.6 Å². The Labute approximate surface area is 143 Å². The number of hydrogen-bond donors (Lipinski definition) is 2. The van der Waals surface area contributed by atoms with Crippen LogP contribution in [0.15, 0.2) is 30.3 Å². The summed E-state index contributed by atoms with van der Waals surface area (Å²) in [7, 11) is 0. The van der Waals surface area contributed by atoms with Crippen molar-refractivity contribution in [3.05, 3.63) is 35.9 Å². The summed E-state index contributed by atoms with van der Waals surface area (Å²) in [5.74, 6) is -0.0175. The van der Waals surface area contributed by atoms with Gasteiger partial charge in [0, 0.05) is 30.6 Å². The molecule has 2 amide bonds. The smallest absolute Gasteiger partial charge is 0.253 e. The summed E-state index contributed by atoms with van der Waals surface area (Å²) in [6, 6.07) is 9.22. The number of carbonyl (C=O) groups excluding carboxylic acids is 2. The molecule has 1 saturated heterocycles. The van der Waals surface area contributed by atoms with Gasteiger partial charge in [0.25, 0.3) is 5.91 Å². The summed E-state index contributed by atoms with van der Waals surface area (Å²) in [6.07, 6.45) is 3.55. The maximum atomic E-state index is 12.7. The summed E-state index contributed by atoms with van der Waals surface area (Å²) in [5, 5.41) is 12.4. The molecule has 0 aromatic heterocycles. The number of nitrogens with zero attached hydrogens (tertiary/aromatic N) is 1. The van der Waals surface area contributed by atoms with Crippen molar-refractivity contribution in [3.8, 4) is 0 Å². The van der Waals surface area contributed by atoms with Gasteiger partial charge in [-0.1, -0.05) is 18.2 Å². The van der Waals surface area contributed by atoms with Crippen LogP contribution in [0.1, 0.15) is 43.0 Å². The van der Waals surface area contributed by atoms with Gasteiger partial charge in [-0.2, -0.15) is 0 Å². The Morgan fingerprint density at radius 3 is 2.54 bits per heavy atom. The molecule has 1 saturated carbocycles. The van der Waals surface area contributed by atoms with E-state index in [4.69, 9.17) is 0 Å². The zero-order valence-corrected chi connectivity index (χ0v) is 14.3. The standard InChI is InChI=1S/C19H26N2O3/c1-18(17(24)20-12-19(14-22)9-10-19)8-5-11-21(13-18)16(23)15-6-3-2-4-7-15/h2-4,6-7,22H,5,8-14H2,1H3,(H,20,24). The number of nitrogens with one attached hydrogen (secondary N) is 1. The van der Waals surface area contributed by atoms with Crippen molar-refractivity contribution in [1.29, 1.82) is 0 Å². The fourth-order valence-corrected chi connectivity index (χ4v) is 3.41. The van der Waals surface area contributed by atoms with Gasteiger partial charge < -0.3 is 15.3 Å². The van der Waals surface area contributed by atoms with Crippen LogP contribution >= 0.6 is 0 Å². The fraction of sp³-hybridized carbons (Fsp3) is 0.579. The molecule has 5 nitrogen and oxygen atoms in total. The average Bonchev–Trinajstić information content (AvgIpc) is 3.40. The van der Waals surface area contributed by atoms with Gasteiger partial charge in [0.05, 0.1) is 12.0 Å². The maximum Gasteiger partial charge on any atom is 0.253 e. The second kappa shape index (κ2) is 6.55. The minimum absolute atomic E-state index is 0.00668. The van der Waals surface area contributed by atoms with Crippen LogP contribution in [-0.4, -0.2) is 48.1 Å². The molecule has 0 radical (unpaired) electrons. The van der Waals surface area contributed by atoms with Crippen LogP contribution in [0, 0.1) is 10.8 Å². The van der Waals surface area contributed by atoms with Gasteiger partial charge in [-0.3, -0.25) is 9.59 Å². The highest BCUT2D eigenvalue weighted by atomic mass is 16.3. The zero-order valence-electron chi connectivity index (χ0n) is 14.3. The first-order valence-corrected chi connectivity index (χ1v) is 8.72. The third kappa shape index (κ3) is 3.46. The summed E-state index contributed by atoms with van der Waals surface area (Å²) >= 11 is 0. The lowest BCUT2D eigenvalue weighted by molar-refractivity contribution is -0.132. The Morgan fingerprint density at radius 2 is 1.92 bits per heavy atom. The van der Waals surface area contributed by atoms with Crippen molar-refractivity contribution in [2.75, 3.05) is 26.2 Å². The molecule has 0 bridgehead atoms. The van der Waals surface area contributed by atoms with E-state index in [2.05, 4.69) is 5.32 Å². The van der Waals surface area contributed by atoms with E-state index in [1.165, 1.54) is 0 Å². The van der Waals surface area contributed by atoms with E-state index in [1.54, 1.807) is 4.90 Å². The Bertz CT molecular complexity index is 612. The molecule has 1 atom stereocenters. The van der Waals surface area contributed by atoms with Gasteiger partial charge in [0.15, 0.2) is 0 Å². The van der Waals surface area contributed by atoms with E-state index in [0.717, 1.165) is 25.7 Å². The van der Waals surface area contributed by atoms with Gasteiger partial charge in [-0.25, -0.2) is 0 Å². The van der Waals surface area contributed by atoms with Crippen LogP contribution in [-0.2, 0) is 4.79 Å². The topological polar surface area (TPSA) is 69.6 Å². The number of rotatable bonds is 5. The van der Waals surface area contributed by atoms with Crippen LogP contribution in [0.5, 0.6) is 0 Å². The molecule has 1 aliphatic heterocycles. The SMILES string of the molecule is CC1(C(=O)NCC2(CO)CC2)CCCN(C(=O)c2ccccc2)C1. The Kier molecular flexibility index (Phi) is 4.63. The number of carbonyl (C=O) groups is 2. The van der Waals surface area contributed by atoms with E-state index < -0.39 is 5.41 Å². The predicted octanol–water partition coefficient (Wildman–Crippen LogP) is 1.82. The summed E-state index contributed by atoms with van der Waals surface area (Å²) in [5.41, 5.74) is 0.00781. The molecule has 1 unspecified atom stereocenters. The van der Waals surface area contributed by atoms with Crippen LogP contribution < -0.4 is 5.32 Å². The third-order valence-corrected chi connectivity index (χ3v) is 5.47. The molecule has 2 N–H and O–H groups in total. The van der Waals surface area contributed by atoms with Crippen LogP contribution in [0.3, 0.4) is 0 Å². The highest BCUT2D eigenvalue weighted by molar-refractivity contribution is 5.95. The molecule has 1 aliphatic carbocycles. The fourth-order valence-electron chi connectivity index (χ4n) is 3.41. The normalized spacial score (nSPS) is 25.2. The van der Waals surface area contributed by atoms with Gasteiger partial charge >= 0.3 is 0 Å². The van der Waals surface area contributed by atoms with E-state index >= 15 is 0 Å².